The van der Waals surface area contributed by atoms with Crippen LogP contribution < -0.4 is 4.90 Å². The molecule has 16 heavy (non-hydrogen) atoms. The molecule has 1 fully saturated rings. The molecular formula is C13H18ClNS. The van der Waals surface area contributed by atoms with Crippen LogP contribution in [0.2, 0.25) is 5.02 Å². The molecule has 1 aliphatic heterocycles. The van der Waals surface area contributed by atoms with Gasteiger partial charge < -0.3 is 4.90 Å². The zero-order valence-electron chi connectivity index (χ0n) is 9.87. The first kappa shape index (κ1) is 12.1. The SMILES string of the molecule is CC(C)Sc1c(Cl)cccc1N1CCCC1. The van der Waals surface area contributed by atoms with E-state index >= 15 is 0 Å². The van der Waals surface area contributed by atoms with Gasteiger partial charge in [0.1, 0.15) is 0 Å². The Morgan fingerprint density at radius 2 is 1.94 bits per heavy atom. The Hall–Kier alpha value is -0.340. The average Bonchev–Trinajstić information content (AvgIpc) is 2.73. The first-order valence-electron chi connectivity index (χ1n) is 5.88. The van der Waals surface area contributed by atoms with Gasteiger partial charge >= 0.3 is 0 Å². The number of benzene rings is 1. The van der Waals surface area contributed by atoms with Crippen LogP contribution in [-0.2, 0) is 0 Å². The summed E-state index contributed by atoms with van der Waals surface area (Å²) in [5.41, 5.74) is 1.32. The minimum atomic E-state index is 0.571. The lowest BCUT2D eigenvalue weighted by Crippen LogP contribution is -2.18. The molecule has 1 heterocycles. The largest absolute Gasteiger partial charge is 0.371 e. The Labute approximate surface area is 107 Å². The van der Waals surface area contributed by atoms with Crippen LogP contribution in [0, 0.1) is 0 Å². The van der Waals surface area contributed by atoms with Gasteiger partial charge in [0, 0.05) is 23.2 Å². The molecule has 2 rings (SSSR count). The molecule has 1 saturated heterocycles. The third kappa shape index (κ3) is 2.67. The van der Waals surface area contributed by atoms with Crippen LogP contribution in [0.1, 0.15) is 26.7 Å². The number of hydrogen-bond acceptors (Lipinski definition) is 2. The van der Waals surface area contributed by atoms with Crippen molar-refractivity contribution < 1.29 is 0 Å². The lowest BCUT2D eigenvalue weighted by Gasteiger charge is -2.22. The third-order valence-electron chi connectivity index (χ3n) is 2.75. The summed E-state index contributed by atoms with van der Waals surface area (Å²) in [4.78, 5) is 3.71. The summed E-state index contributed by atoms with van der Waals surface area (Å²) in [5.74, 6) is 0. The molecule has 0 amide bonds. The van der Waals surface area contributed by atoms with E-state index in [1.54, 1.807) is 0 Å². The molecule has 1 aromatic rings. The summed E-state index contributed by atoms with van der Waals surface area (Å²) >= 11 is 8.17. The fraction of sp³-hybridized carbons (Fsp3) is 0.538. The fourth-order valence-electron chi connectivity index (χ4n) is 2.06. The van der Waals surface area contributed by atoms with Crippen LogP contribution >= 0.6 is 23.4 Å². The zero-order valence-corrected chi connectivity index (χ0v) is 11.4. The maximum absolute atomic E-state index is 6.30. The van der Waals surface area contributed by atoms with E-state index in [-0.39, 0.29) is 0 Å². The summed E-state index contributed by atoms with van der Waals surface area (Å²) in [6.45, 7) is 6.77. The molecule has 0 aliphatic carbocycles. The van der Waals surface area contributed by atoms with Crippen molar-refractivity contribution >= 4 is 29.1 Å². The second kappa shape index (κ2) is 5.33. The quantitative estimate of drug-likeness (QED) is 0.735. The van der Waals surface area contributed by atoms with Crippen LogP contribution in [-0.4, -0.2) is 18.3 Å². The van der Waals surface area contributed by atoms with Gasteiger partial charge in [0.2, 0.25) is 0 Å². The molecule has 0 atom stereocenters. The first-order valence-corrected chi connectivity index (χ1v) is 7.14. The fourth-order valence-corrected chi connectivity index (χ4v) is 3.33. The van der Waals surface area contributed by atoms with Gasteiger partial charge in [-0.2, -0.15) is 0 Å². The zero-order chi connectivity index (χ0) is 11.5. The molecule has 88 valence electrons. The van der Waals surface area contributed by atoms with Crippen molar-refractivity contribution in [1.29, 1.82) is 0 Å². The number of halogens is 1. The number of rotatable bonds is 3. The van der Waals surface area contributed by atoms with Gasteiger partial charge in [-0.05, 0) is 25.0 Å². The predicted octanol–water partition coefficient (Wildman–Crippen LogP) is 4.44. The van der Waals surface area contributed by atoms with Crippen molar-refractivity contribution in [2.75, 3.05) is 18.0 Å². The summed E-state index contributed by atoms with van der Waals surface area (Å²) in [5, 5.41) is 1.46. The van der Waals surface area contributed by atoms with Crippen molar-refractivity contribution in [3.63, 3.8) is 0 Å². The molecule has 0 bridgehead atoms. The molecule has 0 N–H and O–H groups in total. The van der Waals surface area contributed by atoms with Crippen LogP contribution in [0.25, 0.3) is 0 Å². The molecule has 0 saturated carbocycles. The first-order chi connectivity index (χ1) is 7.68. The van der Waals surface area contributed by atoms with Gasteiger partial charge in [0.05, 0.1) is 10.7 Å². The van der Waals surface area contributed by atoms with E-state index in [0.29, 0.717) is 5.25 Å². The van der Waals surface area contributed by atoms with Crippen LogP contribution in [0.4, 0.5) is 5.69 Å². The van der Waals surface area contributed by atoms with Crippen molar-refractivity contribution in [3.05, 3.63) is 23.2 Å². The maximum Gasteiger partial charge on any atom is 0.0562 e. The summed E-state index contributed by atoms with van der Waals surface area (Å²) in [6, 6.07) is 6.24. The summed E-state index contributed by atoms with van der Waals surface area (Å²) in [6.07, 6.45) is 2.61. The second-order valence-corrected chi connectivity index (χ2v) is 6.44. The summed E-state index contributed by atoms with van der Waals surface area (Å²) < 4.78 is 0. The minimum Gasteiger partial charge on any atom is -0.371 e. The van der Waals surface area contributed by atoms with Crippen LogP contribution in [0.15, 0.2) is 23.1 Å². The molecule has 0 radical (unpaired) electrons. The topological polar surface area (TPSA) is 3.24 Å². The molecule has 0 aromatic heterocycles. The van der Waals surface area contributed by atoms with Gasteiger partial charge in [-0.15, -0.1) is 11.8 Å². The highest BCUT2D eigenvalue weighted by Crippen LogP contribution is 2.39. The standard InChI is InChI=1S/C13H18ClNS/c1-10(2)16-13-11(14)6-5-7-12(13)15-8-3-4-9-15/h5-7,10H,3-4,8-9H2,1-2H3. The van der Waals surface area contributed by atoms with Gasteiger partial charge in [-0.3, -0.25) is 0 Å². The minimum absolute atomic E-state index is 0.571. The number of nitrogens with zero attached hydrogens (tertiary/aromatic N) is 1. The highest BCUT2D eigenvalue weighted by molar-refractivity contribution is 8.00. The monoisotopic (exact) mass is 255 g/mol. The van der Waals surface area contributed by atoms with Gasteiger partial charge in [0.15, 0.2) is 0 Å². The number of thioether (sulfide) groups is 1. The van der Waals surface area contributed by atoms with E-state index in [1.807, 2.05) is 17.8 Å². The van der Waals surface area contributed by atoms with E-state index in [1.165, 1.54) is 36.5 Å². The van der Waals surface area contributed by atoms with Crippen molar-refractivity contribution in [3.8, 4) is 0 Å². The Balaban J connectivity index is 2.31. The van der Waals surface area contributed by atoms with Crippen molar-refractivity contribution in [1.82, 2.24) is 0 Å². The smallest absolute Gasteiger partial charge is 0.0562 e. The van der Waals surface area contributed by atoms with Gasteiger partial charge in [0.25, 0.3) is 0 Å². The van der Waals surface area contributed by atoms with Gasteiger partial charge in [-0.25, -0.2) is 0 Å². The maximum atomic E-state index is 6.30. The number of anilines is 1. The lowest BCUT2D eigenvalue weighted by atomic mass is 10.3. The normalized spacial score (nSPS) is 16.1. The van der Waals surface area contributed by atoms with E-state index in [2.05, 4.69) is 30.9 Å². The highest BCUT2D eigenvalue weighted by Gasteiger charge is 2.18. The molecule has 1 aliphatic rings. The van der Waals surface area contributed by atoms with Crippen molar-refractivity contribution in [2.45, 2.75) is 36.8 Å². The van der Waals surface area contributed by atoms with Crippen molar-refractivity contribution in [2.24, 2.45) is 0 Å². The lowest BCUT2D eigenvalue weighted by molar-refractivity contribution is 0.949. The molecular weight excluding hydrogens is 238 g/mol. The Bertz CT molecular complexity index is 359. The Kier molecular flexibility index (Phi) is 4.04. The molecule has 0 spiro atoms. The van der Waals surface area contributed by atoms with E-state index in [0.717, 1.165) is 5.02 Å². The summed E-state index contributed by atoms with van der Waals surface area (Å²) in [7, 11) is 0. The Morgan fingerprint density at radius 1 is 1.25 bits per heavy atom. The molecule has 1 nitrogen and oxygen atoms in total. The number of hydrogen-bond donors (Lipinski definition) is 0. The second-order valence-electron chi connectivity index (χ2n) is 4.45. The van der Waals surface area contributed by atoms with Crippen LogP contribution in [0.5, 0.6) is 0 Å². The van der Waals surface area contributed by atoms with Crippen LogP contribution in [0.3, 0.4) is 0 Å². The Morgan fingerprint density at radius 3 is 2.56 bits per heavy atom. The molecule has 0 unspecified atom stereocenters. The van der Waals surface area contributed by atoms with E-state index in [9.17, 15) is 0 Å². The van der Waals surface area contributed by atoms with E-state index in [4.69, 9.17) is 11.6 Å². The van der Waals surface area contributed by atoms with E-state index < -0.39 is 0 Å². The van der Waals surface area contributed by atoms with Gasteiger partial charge in [-0.1, -0.05) is 31.5 Å². The predicted molar refractivity (Wildman–Crippen MR) is 73.9 cm³/mol. The average molecular weight is 256 g/mol. The molecule has 3 heteroatoms. The third-order valence-corrected chi connectivity index (χ3v) is 4.31. The molecule has 1 aromatic carbocycles. The highest BCUT2D eigenvalue weighted by atomic mass is 35.5.